The molecule has 2 unspecified atom stereocenters. The molecular formula is C17H21FN2O3. The van der Waals surface area contributed by atoms with Crippen molar-refractivity contribution in [2.45, 2.75) is 12.8 Å². The Hall–Kier alpha value is -1.95. The van der Waals surface area contributed by atoms with Gasteiger partial charge in [-0.25, -0.2) is 4.39 Å². The molecule has 2 aliphatic rings. The summed E-state index contributed by atoms with van der Waals surface area (Å²) in [5.41, 5.74) is 0.975. The minimum Gasteiger partial charge on any atom is -0.378 e. The molecule has 0 bridgehead atoms. The molecule has 0 aromatic heterocycles. The summed E-state index contributed by atoms with van der Waals surface area (Å²) in [7, 11) is 0. The number of amides is 2. The number of carbonyl (C=O) groups excluding carboxylic acids is 2. The molecule has 2 atom stereocenters. The first-order chi connectivity index (χ1) is 11.1. The second kappa shape index (κ2) is 7.08. The molecule has 2 fully saturated rings. The predicted molar refractivity (Wildman–Crippen MR) is 82.1 cm³/mol. The lowest BCUT2D eigenvalue weighted by Gasteiger charge is -2.27. The number of nitrogens with zero attached hydrogens (tertiary/aromatic N) is 1. The maximum atomic E-state index is 12.8. The zero-order valence-corrected chi connectivity index (χ0v) is 13.0. The molecule has 1 aliphatic carbocycles. The Kier molecular flexibility index (Phi) is 4.91. The van der Waals surface area contributed by atoms with Crippen molar-refractivity contribution in [1.29, 1.82) is 0 Å². The van der Waals surface area contributed by atoms with E-state index < -0.39 is 0 Å². The van der Waals surface area contributed by atoms with Crippen molar-refractivity contribution in [1.82, 2.24) is 10.2 Å². The summed E-state index contributed by atoms with van der Waals surface area (Å²) < 4.78 is 18.0. The first-order valence-corrected chi connectivity index (χ1v) is 8.04. The third-order valence-corrected chi connectivity index (χ3v) is 4.39. The minimum absolute atomic E-state index is 0.0567. The van der Waals surface area contributed by atoms with Crippen molar-refractivity contribution in [2.24, 2.45) is 11.8 Å². The molecule has 1 heterocycles. The van der Waals surface area contributed by atoms with Crippen LogP contribution in [0.3, 0.4) is 0 Å². The van der Waals surface area contributed by atoms with Crippen LogP contribution in [0.25, 0.3) is 0 Å². The Morgan fingerprint density at radius 1 is 1.17 bits per heavy atom. The Balaban J connectivity index is 1.39. The van der Waals surface area contributed by atoms with Gasteiger partial charge in [0.1, 0.15) is 5.82 Å². The topological polar surface area (TPSA) is 58.6 Å². The number of hydrogen-bond acceptors (Lipinski definition) is 3. The summed E-state index contributed by atoms with van der Waals surface area (Å²) in [6.07, 6.45) is 1.29. The molecular weight excluding hydrogens is 299 g/mol. The molecule has 0 radical (unpaired) electrons. The van der Waals surface area contributed by atoms with Gasteiger partial charge in [0, 0.05) is 19.6 Å². The number of rotatable bonds is 5. The molecule has 0 spiro atoms. The van der Waals surface area contributed by atoms with Gasteiger partial charge in [0.2, 0.25) is 11.8 Å². The average Bonchev–Trinajstić information content (AvgIpc) is 3.37. The predicted octanol–water partition coefficient (Wildman–Crippen LogP) is 0.979. The van der Waals surface area contributed by atoms with Crippen molar-refractivity contribution in [2.75, 3.05) is 32.8 Å². The Morgan fingerprint density at radius 3 is 2.57 bits per heavy atom. The lowest BCUT2D eigenvalue weighted by atomic mass is 10.1. The lowest BCUT2D eigenvalue weighted by molar-refractivity contribution is -0.138. The quantitative estimate of drug-likeness (QED) is 0.880. The van der Waals surface area contributed by atoms with Crippen LogP contribution in [0.2, 0.25) is 0 Å². The van der Waals surface area contributed by atoms with E-state index in [1.807, 2.05) is 0 Å². The van der Waals surface area contributed by atoms with Crippen LogP contribution < -0.4 is 5.32 Å². The summed E-state index contributed by atoms with van der Waals surface area (Å²) in [6.45, 7) is 2.89. The van der Waals surface area contributed by atoms with Crippen LogP contribution in [0.5, 0.6) is 0 Å². The van der Waals surface area contributed by atoms with E-state index in [0.717, 1.165) is 5.56 Å². The maximum Gasteiger partial charge on any atom is 0.226 e. The van der Waals surface area contributed by atoms with Crippen molar-refractivity contribution < 1.29 is 18.7 Å². The molecule has 1 aliphatic heterocycles. The summed E-state index contributed by atoms with van der Waals surface area (Å²) >= 11 is 0. The summed E-state index contributed by atoms with van der Waals surface area (Å²) in [6, 6.07) is 6.25. The lowest BCUT2D eigenvalue weighted by Crippen LogP contribution is -2.42. The van der Waals surface area contributed by atoms with Gasteiger partial charge in [0.15, 0.2) is 0 Å². The van der Waals surface area contributed by atoms with Crippen LogP contribution in [0, 0.1) is 17.7 Å². The van der Waals surface area contributed by atoms with Crippen LogP contribution in [-0.2, 0) is 20.7 Å². The number of nitrogens with one attached hydrogen (secondary N) is 1. The molecule has 6 heteroatoms. The van der Waals surface area contributed by atoms with Gasteiger partial charge in [-0.2, -0.15) is 0 Å². The van der Waals surface area contributed by atoms with E-state index in [-0.39, 0.29) is 29.5 Å². The zero-order chi connectivity index (χ0) is 16.2. The molecule has 1 saturated heterocycles. The monoisotopic (exact) mass is 320 g/mol. The SMILES string of the molecule is O=C(NCCc1ccc(F)cc1)C1CC1C(=O)N1CCOCC1. The molecule has 124 valence electrons. The van der Waals surface area contributed by atoms with Gasteiger partial charge < -0.3 is 15.0 Å². The van der Waals surface area contributed by atoms with Gasteiger partial charge in [-0.1, -0.05) is 12.1 Å². The van der Waals surface area contributed by atoms with E-state index in [4.69, 9.17) is 4.74 Å². The van der Waals surface area contributed by atoms with E-state index >= 15 is 0 Å². The first kappa shape index (κ1) is 15.9. The van der Waals surface area contributed by atoms with Gasteiger partial charge in [-0.05, 0) is 30.5 Å². The van der Waals surface area contributed by atoms with Gasteiger partial charge in [-0.3, -0.25) is 9.59 Å². The number of ether oxygens (including phenoxy) is 1. The van der Waals surface area contributed by atoms with Gasteiger partial charge in [-0.15, -0.1) is 0 Å². The van der Waals surface area contributed by atoms with Crippen LogP contribution in [0.1, 0.15) is 12.0 Å². The van der Waals surface area contributed by atoms with Crippen LogP contribution >= 0.6 is 0 Å². The van der Waals surface area contributed by atoms with Crippen LogP contribution in [-0.4, -0.2) is 49.6 Å². The molecule has 1 saturated carbocycles. The standard InChI is InChI=1S/C17H21FN2O3/c18-13-3-1-12(2-4-13)5-6-19-16(21)14-11-15(14)17(22)20-7-9-23-10-8-20/h1-4,14-15H,5-11H2,(H,19,21). The highest BCUT2D eigenvalue weighted by molar-refractivity contribution is 5.92. The molecule has 1 aromatic rings. The largest absolute Gasteiger partial charge is 0.378 e. The van der Waals surface area contributed by atoms with E-state index in [2.05, 4.69) is 5.32 Å². The number of halogens is 1. The molecule has 5 nitrogen and oxygen atoms in total. The van der Waals surface area contributed by atoms with Crippen LogP contribution in [0.15, 0.2) is 24.3 Å². The summed E-state index contributed by atoms with van der Waals surface area (Å²) in [5.74, 6) is -0.608. The maximum absolute atomic E-state index is 12.8. The normalized spacial score (nSPS) is 23.4. The van der Waals surface area contributed by atoms with Gasteiger partial charge in [0.25, 0.3) is 0 Å². The summed E-state index contributed by atoms with van der Waals surface area (Å²) in [5, 5.41) is 2.87. The Bertz CT molecular complexity index is 570. The van der Waals surface area contributed by atoms with Crippen molar-refractivity contribution in [3.63, 3.8) is 0 Å². The minimum atomic E-state index is -0.264. The fraction of sp³-hybridized carbons (Fsp3) is 0.529. The Morgan fingerprint density at radius 2 is 1.87 bits per heavy atom. The molecule has 23 heavy (non-hydrogen) atoms. The average molecular weight is 320 g/mol. The van der Waals surface area contributed by atoms with Crippen molar-refractivity contribution in [3.05, 3.63) is 35.6 Å². The second-order valence-electron chi connectivity index (χ2n) is 6.05. The molecule has 3 rings (SSSR count). The fourth-order valence-corrected chi connectivity index (χ4v) is 2.89. The van der Waals surface area contributed by atoms with E-state index in [0.29, 0.717) is 45.7 Å². The third-order valence-electron chi connectivity index (χ3n) is 4.39. The molecule has 1 aromatic carbocycles. The highest BCUT2D eigenvalue weighted by Crippen LogP contribution is 2.40. The molecule has 2 amide bonds. The number of benzene rings is 1. The highest BCUT2D eigenvalue weighted by Gasteiger charge is 2.49. The van der Waals surface area contributed by atoms with Gasteiger partial charge in [0.05, 0.1) is 25.0 Å². The van der Waals surface area contributed by atoms with E-state index in [1.54, 1.807) is 17.0 Å². The summed E-state index contributed by atoms with van der Waals surface area (Å²) in [4.78, 5) is 26.1. The Labute approximate surface area is 134 Å². The zero-order valence-electron chi connectivity index (χ0n) is 13.0. The van der Waals surface area contributed by atoms with E-state index in [1.165, 1.54) is 12.1 Å². The smallest absolute Gasteiger partial charge is 0.226 e. The van der Waals surface area contributed by atoms with Crippen LogP contribution in [0.4, 0.5) is 4.39 Å². The van der Waals surface area contributed by atoms with Crippen molar-refractivity contribution in [3.8, 4) is 0 Å². The van der Waals surface area contributed by atoms with Crippen molar-refractivity contribution >= 4 is 11.8 Å². The number of carbonyl (C=O) groups is 2. The third kappa shape index (κ3) is 4.07. The fourth-order valence-electron chi connectivity index (χ4n) is 2.89. The first-order valence-electron chi connectivity index (χ1n) is 8.04. The van der Waals surface area contributed by atoms with Gasteiger partial charge >= 0.3 is 0 Å². The second-order valence-corrected chi connectivity index (χ2v) is 6.05. The molecule has 1 N–H and O–H groups in total. The van der Waals surface area contributed by atoms with E-state index in [9.17, 15) is 14.0 Å². The number of morpholine rings is 1. The number of hydrogen-bond donors (Lipinski definition) is 1. The highest BCUT2D eigenvalue weighted by atomic mass is 19.1.